The molecule has 1 aliphatic heterocycles. The summed E-state index contributed by atoms with van der Waals surface area (Å²) < 4.78 is 63.6. The molecule has 0 saturated carbocycles. The predicted molar refractivity (Wildman–Crippen MR) is 79.4 cm³/mol. The summed E-state index contributed by atoms with van der Waals surface area (Å²) in [5.41, 5.74) is -1.14. The molecule has 0 radical (unpaired) electrons. The summed E-state index contributed by atoms with van der Waals surface area (Å²) in [5.74, 6) is 0. The summed E-state index contributed by atoms with van der Waals surface area (Å²) >= 11 is 0. The van der Waals surface area contributed by atoms with Crippen molar-refractivity contribution in [1.82, 2.24) is 5.32 Å². The fourth-order valence-corrected chi connectivity index (χ4v) is 2.94. The Morgan fingerprint density at radius 2 is 1.86 bits per heavy atom. The number of benzene rings is 1. The van der Waals surface area contributed by atoms with Crippen LogP contribution in [0.1, 0.15) is 18.4 Å². The first-order valence-corrected chi connectivity index (χ1v) is 8.70. The van der Waals surface area contributed by atoms with Crippen LogP contribution >= 0.6 is 0 Å². The highest BCUT2D eigenvalue weighted by Gasteiger charge is 2.34. The van der Waals surface area contributed by atoms with E-state index in [1.165, 1.54) is 6.07 Å². The maximum Gasteiger partial charge on any atom is 0.418 e. The molecule has 9 heteroatoms. The Hall–Kier alpha value is -1.48. The molecule has 1 fully saturated rings. The largest absolute Gasteiger partial charge is 0.418 e. The Kier molecular flexibility index (Phi) is 4.86. The normalized spacial score (nSPS) is 17.3. The lowest BCUT2D eigenvalue weighted by atomic mass is 10.1. The van der Waals surface area contributed by atoms with Gasteiger partial charge in [0.15, 0.2) is 0 Å². The number of rotatable bonds is 4. The fourth-order valence-electron chi connectivity index (χ4n) is 2.36. The van der Waals surface area contributed by atoms with Crippen molar-refractivity contribution in [3.05, 3.63) is 23.8 Å². The molecule has 1 aliphatic rings. The lowest BCUT2D eigenvalue weighted by molar-refractivity contribution is -0.136. The molecule has 0 atom stereocenters. The second-order valence-electron chi connectivity index (χ2n) is 5.30. The molecule has 0 spiro atoms. The van der Waals surface area contributed by atoms with E-state index in [9.17, 15) is 21.6 Å². The Balaban J connectivity index is 2.26. The number of hydrogen-bond acceptors (Lipinski definition) is 4. The van der Waals surface area contributed by atoms with Crippen LogP contribution in [0.3, 0.4) is 0 Å². The Morgan fingerprint density at radius 1 is 1.23 bits per heavy atom. The Morgan fingerprint density at radius 3 is 2.41 bits per heavy atom. The van der Waals surface area contributed by atoms with Gasteiger partial charge in [-0.3, -0.25) is 4.72 Å². The maximum absolute atomic E-state index is 13.1. The van der Waals surface area contributed by atoms with E-state index in [2.05, 4.69) is 10.6 Å². The Labute approximate surface area is 127 Å². The quantitative estimate of drug-likeness (QED) is 0.788. The number of sulfonamides is 1. The van der Waals surface area contributed by atoms with E-state index < -0.39 is 27.5 Å². The van der Waals surface area contributed by atoms with Gasteiger partial charge in [0, 0.05) is 11.7 Å². The summed E-state index contributed by atoms with van der Waals surface area (Å²) in [6.45, 7) is 1.63. The molecule has 1 aromatic rings. The van der Waals surface area contributed by atoms with Crippen molar-refractivity contribution in [3.8, 4) is 0 Å². The molecular formula is C13H18F3N3O2S. The van der Waals surface area contributed by atoms with Gasteiger partial charge >= 0.3 is 6.18 Å². The molecule has 1 heterocycles. The second kappa shape index (κ2) is 6.33. The van der Waals surface area contributed by atoms with Crippen molar-refractivity contribution in [2.45, 2.75) is 25.1 Å². The summed E-state index contributed by atoms with van der Waals surface area (Å²) in [4.78, 5) is 0. The van der Waals surface area contributed by atoms with Crippen LogP contribution < -0.4 is 15.4 Å². The lowest BCUT2D eigenvalue weighted by Gasteiger charge is -2.25. The summed E-state index contributed by atoms with van der Waals surface area (Å²) in [6.07, 6.45) is -2.18. The zero-order chi connectivity index (χ0) is 16.4. The number of anilines is 2. The number of piperidine rings is 1. The van der Waals surface area contributed by atoms with Crippen molar-refractivity contribution >= 4 is 21.4 Å². The van der Waals surface area contributed by atoms with Gasteiger partial charge in [-0.1, -0.05) is 0 Å². The molecular weight excluding hydrogens is 319 g/mol. The number of halogens is 3. The maximum atomic E-state index is 13.1. The van der Waals surface area contributed by atoms with Crippen LogP contribution in [0.2, 0.25) is 0 Å². The van der Waals surface area contributed by atoms with E-state index in [0.717, 1.165) is 44.3 Å². The number of alkyl halides is 3. The molecule has 5 nitrogen and oxygen atoms in total. The molecule has 22 heavy (non-hydrogen) atoms. The van der Waals surface area contributed by atoms with Gasteiger partial charge in [-0.25, -0.2) is 8.42 Å². The third-order valence-corrected chi connectivity index (χ3v) is 3.92. The minimum Gasteiger partial charge on any atom is -0.382 e. The predicted octanol–water partition coefficient (Wildman–Crippen LogP) is 2.24. The van der Waals surface area contributed by atoms with Crippen LogP contribution in [0, 0.1) is 0 Å². The van der Waals surface area contributed by atoms with Gasteiger partial charge in [0.1, 0.15) is 0 Å². The number of nitrogens with one attached hydrogen (secondary N) is 3. The molecule has 1 saturated heterocycles. The van der Waals surface area contributed by atoms with E-state index in [0.29, 0.717) is 5.69 Å². The van der Waals surface area contributed by atoms with Crippen molar-refractivity contribution in [2.24, 2.45) is 0 Å². The van der Waals surface area contributed by atoms with Crippen LogP contribution in [0.15, 0.2) is 18.2 Å². The SMILES string of the molecule is CS(=O)(=O)Nc1ccc(NC2CCNCC2)cc1C(F)(F)F. The molecule has 0 aliphatic carbocycles. The van der Waals surface area contributed by atoms with Gasteiger partial charge in [0.05, 0.1) is 17.5 Å². The third-order valence-electron chi connectivity index (χ3n) is 3.33. The number of hydrogen-bond donors (Lipinski definition) is 3. The van der Waals surface area contributed by atoms with Crippen LogP contribution in [0.25, 0.3) is 0 Å². The van der Waals surface area contributed by atoms with Crippen LogP contribution in [0.4, 0.5) is 24.5 Å². The van der Waals surface area contributed by atoms with Gasteiger partial charge in [0.25, 0.3) is 0 Å². The second-order valence-corrected chi connectivity index (χ2v) is 7.05. The molecule has 124 valence electrons. The van der Waals surface area contributed by atoms with Crippen molar-refractivity contribution in [2.75, 3.05) is 29.4 Å². The van der Waals surface area contributed by atoms with E-state index in [4.69, 9.17) is 0 Å². The lowest BCUT2D eigenvalue weighted by Crippen LogP contribution is -2.35. The standard InChI is InChI=1S/C13H18F3N3O2S/c1-22(20,21)19-12-3-2-10(8-11(12)13(14,15)16)18-9-4-6-17-7-5-9/h2-3,8-9,17-19H,4-7H2,1H3. The average molecular weight is 337 g/mol. The first-order valence-electron chi connectivity index (χ1n) is 6.81. The van der Waals surface area contributed by atoms with E-state index in [1.807, 2.05) is 4.72 Å². The monoisotopic (exact) mass is 337 g/mol. The summed E-state index contributed by atoms with van der Waals surface area (Å²) in [5, 5.41) is 6.24. The smallest absolute Gasteiger partial charge is 0.382 e. The van der Waals surface area contributed by atoms with Gasteiger partial charge in [-0.15, -0.1) is 0 Å². The highest BCUT2D eigenvalue weighted by molar-refractivity contribution is 7.92. The molecule has 0 unspecified atom stereocenters. The van der Waals surface area contributed by atoms with Crippen molar-refractivity contribution in [3.63, 3.8) is 0 Å². The van der Waals surface area contributed by atoms with E-state index in [-0.39, 0.29) is 6.04 Å². The highest BCUT2D eigenvalue weighted by atomic mass is 32.2. The fraction of sp³-hybridized carbons (Fsp3) is 0.538. The van der Waals surface area contributed by atoms with E-state index >= 15 is 0 Å². The van der Waals surface area contributed by atoms with Gasteiger partial charge in [-0.05, 0) is 44.1 Å². The zero-order valence-electron chi connectivity index (χ0n) is 12.0. The molecule has 0 aromatic heterocycles. The molecule has 2 rings (SSSR count). The molecule has 3 N–H and O–H groups in total. The van der Waals surface area contributed by atoms with Crippen LogP contribution in [0.5, 0.6) is 0 Å². The molecule has 0 amide bonds. The van der Waals surface area contributed by atoms with Crippen molar-refractivity contribution < 1.29 is 21.6 Å². The topological polar surface area (TPSA) is 70.2 Å². The zero-order valence-corrected chi connectivity index (χ0v) is 12.8. The van der Waals surface area contributed by atoms with Gasteiger partial charge < -0.3 is 10.6 Å². The Bertz CT molecular complexity index is 626. The minimum atomic E-state index is -4.64. The van der Waals surface area contributed by atoms with Crippen molar-refractivity contribution in [1.29, 1.82) is 0 Å². The van der Waals surface area contributed by atoms with Gasteiger partial charge in [0.2, 0.25) is 10.0 Å². The van der Waals surface area contributed by atoms with Gasteiger partial charge in [-0.2, -0.15) is 13.2 Å². The van der Waals surface area contributed by atoms with E-state index in [1.54, 1.807) is 0 Å². The third kappa shape index (κ3) is 4.77. The summed E-state index contributed by atoms with van der Waals surface area (Å²) in [6, 6.07) is 3.63. The molecule has 0 bridgehead atoms. The first-order chi connectivity index (χ1) is 10.1. The molecule has 1 aromatic carbocycles. The van der Waals surface area contributed by atoms with Crippen LogP contribution in [-0.2, 0) is 16.2 Å². The minimum absolute atomic E-state index is 0.107. The summed E-state index contributed by atoms with van der Waals surface area (Å²) in [7, 11) is -3.78. The highest BCUT2D eigenvalue weighted by Crippen LogP contribution is 2.37. The average Bonchev–Trinajstić information content (AvgIpc) is 2.39. The van der Waals surface area contributed by atoms with Crippen LogP contribution in [-0.4, -0.2) is 33.8 Å². The first kappa shape index (κ1) is 16.9.